The summed E-state index contributed by atoms with van der Waals surface area (Å²) in [6, 6.07) is 8.95. The summed E-state index contributed by atoms with van der Waals surface area (Å²) in [5, 5.41) is 6.32. The molecule has 0 bridgehead atoms. The van der Waals surface area contributed by atoms with Crippen molar-refractivity contribution >= 4 is 15.8 Å². The van der Waals surface area contributed by atoms with Crippen LogP contribution in [0.1, 0.15) is 29.0 Å². The number of hydrogen-bond donors (Lipinski definition) is 2. The third kappa shape index (κ3) is 4.49. The summed E-state index contributed by atoms with van der Waals surface area (Å²) in [5.74, 6) is -0.762. The third-order valence-corrected chi connectivity index (χ3v) is 6.06. The maximum atomic E-state index is 13.9. The van der Waals surface area contributed by atoms with Gasteiger partial charge < -0.3 is 10.6 Å². The average molecular weight is 407 g/mol. The second-order valence-corrected chi connectivity index (χ2v) is 9.01. The molecular weight excluding hydrogens is 384 g/mol. The average Bonchev–Trinajstić information content (AvgIpc) is 3.36. The van der Waals surface area contributed by atoms with Crippen LogP contribution in [-0.4, -0.2) is 33.7 Å². The van der Waals surface area contributed by atoms with Gasteiger partial charge in [-0.1, -0.05) is 18.2 Å². The van der Waals surface area contributed by atoms with Gasteiger partial charge in [0.15, 0.2) is 15.8 Å². The smallest absolute Gasteiger partial charge is 0.191 e. The van der Waals surface area contributed by atoms with E-state index in [1.165, 1.54) is 24.5 Å². The van der Waals surface area contributed by atoms with Crippen LogP contribution in [0.15, 0.2) is 46.3 Å². The number of nitrogens with one attached hydrogen (secondary N) is 2. The minimum absolute atomic E-state index is 0.0908. The molecule has 1 fully saturated rings. The molecule has 0 radical (unpaired) electrons. The van der Waals surface area contributed by atoms with E-state index in [0.29, 0.717) is 29.4 Å². The topological polar surface area (TPSA) is 70.6 Å². The van der Waals surface area contributed by atoms with Crippen molar-refractivity contribution in [3.05, 3.63) is 64.7 Å². The molecule has 3 rings (SSSR count). The van der Waals surface area contributed by atoms with Crippen molar-refractivity contribution in [3.63, 3.8) is 0 Å². The molecule has 0 aliphatic heterocycles. The van der Waals surface area contributed by atoms with Crippen molar-refractivity contribution in [1.29, 1.82) is 0 Å². The standard InChI is InChI=1S/C20H23F2N3O2S/c1-12-9-13(7-8-18(12)28(3,26)27)11-24-20(23-2)25-17-10-14(17)19-15(21)5-4-6-16(19)22/h4-9,14,17H,10-11H2,1-3H3,(H2,23,24,25). The molecule has 0 aromatic heterocycles. The number of sulfone groups is 1. The summed E-state index contributed by atoms with van der Waals surface area (Å²) in [7, 11) is -1.63. The summed E-state index contributed by atoms with van der Waals surface area (Å²) in [6.45, 7) is 2.20. The Balaban J connectivity index is 1.60. The first-order valence-electron chi connectivity index (χ1n) is 8.91. The zero-order valence-corrected chi connectivity index (χ0v) is 16.8. The third-order valence-electron chi connectivity index (χ3n) is 4.81. The highest BCUT2D eigenvalue weighted by Crippen LogP contribution is 2.43. The first kappa shape index (κ1) is 20.3. The Kier molecular flexibility index (Phi) is 5.69. The number of nitrogens with zero attached hydrogens (tertiary/aromatic N) is 1. The zero-order valence-electron chi connectivity index (χ0n) is 16.0. The first-order valence-corrected chi connectivity index (χ1v) is 10.8. The lowest BCUT2D eigenvalue weighted by Crippen LogP contribution is -2.38. The molecule has 5 nitrogen and oxygen atoms in total. The maximum absolute atomic E-state index is 13.9. The minimum Gasteiger partial charge on any atom is -0.353 e. The highest BCUT2D eigenvalue weighted by atomic mass is 32.2. The van der Waals surface area contributed by atoms with E-state index in [2.05, 4.69) is 15.6 Å². The van der Waals surface area contributed by atoms with Gasteiger partial charge in [0.25, 0.3) is 0 Å². The van der Waals surface area contributed by atoms with Gasteiger partial charge in [0.1, 0.15) is 11.6 Å². The number of hydrogen-bond acceptors (Lipinski definition) is 3. The van der Waals surface area contributed by atoms with Crippen LogP contribution in [0.2, 0.25) is 0 Å². The fourth-order valence-corrected chi connectivity index (χ4v) is 4.29. The van der Waals surface area contributed by atoms with Gasteiger partial charge in [-0.25, -0.2) is 17.2 Å². The zero-order chi connectivity index (χ0) is 20.5. The van der Waals surface area contributed by atoms with E-state index in [4.69, 9.17) is 0 Å². The second kappa shape index (κ2) is 7.87. The van der Waals surface area contributed by atoms with Crippen molar-refractivity contribution < 1.29 is 17.2 Å². The monoisotopic (exact) mass is 407 g/mol. The van der Waals surface area contributed by atoms with Crippen molar-refractivity contribution in [3.8, 4) is 0 Å². The summed E-state index contributed by atoms with van der Waals surface area (Å²) >= 11 is 0. The van der Waals surface area contributed by atoms with E-state index in [1.807, 2.05) is 6.07 Å². The highest BCUT2D eigenvalue weighted by molar-refractivity contribution is 7.90. The predicted octanol–water partition coefficient (Wildman–Crippen LogP) is 2.90. The number of rotatable bonds is 5. The van der Waals surface area contributed by atoms with E-state index >= 15 is 0 Å². The Morgan fingerprint density at radius 1 is 1.21 bits per heavy atom. The molecule has 1 aliphatic carbocycles. The van der Waals surface area contributed by atoms with Gasteiger partial charge in [-0.15, -0.1) is 0 Å². The van der Waals surface area contributed by atoms with E-state index in [0.717, 1.165) is 5.56 Å². The molecule has 150 valence electrons. The molecule has 2 N–H and O–H groups in total. The van der Waals surface area contributed by atoms with Crippen LogP contribution < -0.4 is 10.6 Å². The Labute approximate surface area is 163 Å². The number of benzene rings is 2. The predicted molar refractivity (Wildman–Crippen MR) is 105 cm³/mol. The molecule has 1 saturated carbocycles. The van der Waals surface area contributed by atoms with Gasteiger partial charge in [-0.3, -0.25) is 4.99 Å². The van der Waals surface area contributed by atoms with Crippen molar-refractivity contribution in [2.24, 2.45) is 4.99 Å². The number of halogens is 2. The normalized spacial score (nSPS) is 19.4. The Morgan fingerprint density at radius 2 is 1.89 bits per heavy atom. The molecule has 2 aromatic rings. The van der Waals surface area contributed by atoms with E-state index in [1.54, 1.807) is 26.1 Å². The Bertz CT molecular complexity index is 1000. The van der Waals surface area contributed by atoms with Crippen molar-refractivity contribution in [2.75, 3.05) is 13.3 Å². The summed E-state index contributed by atoms with van der Waals surface area (Å²) in [5.41, 5.74) is 1.70. The van der Waals surface area contributed by atoms with E-state index in [9.17, 15) is 17.2 Å². The fraction of sp³-hybridized carbons (Fsp3) is 0.350. The summed E-state index contributed by atoms with van der Waals surface area (Å²) in [4.78, 5) is 4.46. The number of aliphatic imine (C=N–C) groups is 1. The molecular formula is C20H23F2N3O2S. The van der Waals surface area contributed by atoms with Crippen LogP contribution >= 0.6 is 0 Å². The quantitative estimate of drug-likeness (QED) is 0.591. The SMILES string of the molecule is CN=C(NCc1ccc(S(C)(=O)=O)c(C)c1)NC1CC1c1c(F)cccc1F. The molecule has 0 amide bonds. The number of aryl methyl sites for hydroxylation is 1. The van der Waals surface area contributed by atoms with E-state index < -0.39 is 21.5 Å². The molecule has 2 aromatic carbocycles. The van der Waals surface area contributed by atoms with Crippen LogP contribution in [0.25, 0.3) is 0 Å². The molecule has 2 atom stereocenters. The van der Waals surface area contributed by atoms with Gasteiger partial charge in [0.2, 0.25) is 0 Å². The molecule has 0 heterocycles. The summed E-state index contributed by atoms with van der Waals surface area (Å²) in [6.07, 6.45) is 1.81. The second-order valence-electron chi connectivity index (χ2n) is 7.03. The first-order chi connectivity index (χ1) is 13.2. The maximum Gasteiger partial charge on any atom is 0.191 e. The molecule has 8 heteroatoms. The van der Waals surface area contributed by atoms with Crippen LogP contribution in [0.4, 0.5) is 8.78 Å². The van der Waals surface area contributed by atoms with Crippen LogP contribution in [0.5, 0.6) is 0 Å². The van der Waals surface area contributed by atoms with Gasteiger partial charge in [0.05, 0.1) is 4.90 Å². The summed E-state index contributed by atoms with van der Waals surface area (Å²) < 4.78 is 51.2. The van der Waals surface area contributed by atoms with Crippen LogP contribution in [0.3, 0.4) is 0 Å². The number of guanidine groups is 1. The molecule has 0 saturated heterocycles. The molecule has 28 heavy (non-hydrogen) atoms. The largest absolute Gasteiger partial charge is 0.353 e. The fourth-order valence-electron chi connectivity index (χ4n) is 3.33. The highest BCUT2D eigenvalue weighted by Gasteiger charge is 2.42. The van der Waals surface area contributed by atoms with Gasteiger partial charge >= 0.3 is 0 Å². The molecule has 2 unspecified atom stereocenters. The van der Waals surface area contributed by atoms with Gasteiger partial charge in [-0.05, 0) is 42.7 Å². The Morgan fingerprint density at radius 3 is 2.46 bits per heavy atom. The van der Waals surface area contributed by atoms with Crippen LogP contribution in [-0.2, 0) is 16.4 Å². The lowest BCUT2D eigenvalue weighted by Gasteiger charge is -2.13. The van der Waals surface area contributed by atoms with Crippen LogP contribution in [0, 0.1) is 18.6 Å². The van der Waals surface area contributed by atoms with Gasteiger partial charge in [0, 0.05) is 37.4 Å². The van der Waals surface area contributed by atoms with E-state index in [-0.39, 0.29) is 17.5 Å². The molecule has 1 aliphatic rings. The Hall–Kier alpha value is -2.48. The van der Waals surface area contributed by atoms with Crippen molar-refractivity contribution in [1.82, 2.24) is 10.6 Å². The lowest BCUT2D eigenvalue weighted by atomic mass is 10.1. The van der Waals surface area contributed by atoms with Gasteiger partial charge in [-0.2, -0.15) is 0 Å². The lowest BCUT2D eigenvalue weighted by molar-refractivity contribution is 0.553. The minimum atomic E-state index is -3.25. The van der Waals surface area contributed by atoms with Crippen molar-refractivity contribution in [2.45, 2.75) is 36.7 Å². The molecule has 0 spiro atoms.